The number of nitrogens with zero attached hydrogens (tertiary/aromatic N) is 1. The molecule has 0 aliphatic heterocycles. The summed E-state index contributed by atoms with van der Waals surface area (Å²) in [7, 11) is 0. The maximum atomic E-state index is 13.0. The molecule has 1 aromatic heterocycles. The molecule has 1 unspecified atom stereocenters. The normalized spacial score (nSPS) is 14.9. The van der Waals surface area contributed by atoms with Gasteiger partial charge in [0, 0.05) is 18.0 Å². The predicted octanol–water partition coefficient (Wildman–Crippen LogP) is 3.66. The predicted molar refractivity (Wildman–Crippen MR) is 69.1 cm³/mol. The number of hydrogen-bond donors (Lipinski definition) is 1. The first-order valence-corrected chi connectivity index (χ1v) is 6.04. The van der Waals surface area contributed by atoms with Crippen molar-refractivity contribution in [2.45, 2.75) is 25.6 Å². The Morgan fingerprint density at radius 2 is 1.60 bits per heavy atom. The van der Waals surface area contributed by atoms with E-state index in [2.05, 4.69) is 4.98 Å². The quantitative estimate of drug-likeness (QED) is 0.911. The molecular formula is C15H14F3NO. The van der Waals surface area contributed by atoms with Crippen LogP contribution in [0.4, 0.5) is 13.2 Å². The van der Waals surface area contributed by atoms with E-state index in [0.717, 1.165) is 24.0 Å². The molecule has 0 fully saturated rings. The van der Waals surface area contributed by atoms with Crippen LogP contribution in [-0.4, -0.2) is 10.1 Å². The Balaban J connectivity index is 2.57. The zero-order valence-corrected chi connectivity index (χ0v) is 11.1. The van der Waals surface area contributed by atoms with Crippen molar-refractivity contribution >= 4 is 0 Å². The van der Waals surface area contributed by atoms with Crippen molar-refractivity contribution < 1.29 is 18.3 Å². The van der Waals surface area contributed by atoms with Gasteiger partial charge in [-0.1, -0.05) is 29.8 Å². The summed E-state index contributed by atoms with van der Waals surface area (Å²) in [5.41, 5.74) is -1.53. The summed E-state index contributed by atoms with van der Waals surface area (Å²) in [4.78, 5) is 3.71. The van der Waals surface area contributed by atoms with Crippen LogP contribution in [0.5, 0.6) is 0 Å². The molecule has 0 saturated heterocycles. The lowest BCUT2D eigenvalue weighted by Gasteiger charge is -2.27. The lowest BCUT2D eigenvalue weighted by molar-refractivity contribution is -0.140. The zero-order chi connectivity index (χ0) is 15.0. The van der Waals surface area contributed by atoms with Crippen LogP contribution in [0.25, 0.3) is 0 Å². The molecule has 2 nitrogen and oxygen atoms in total. The molecular weight excluding hydrogens is 267 g/mol. The summed E-state index contributed by atoms with van der Waals surface area (Å²) in [6.45, 7) is 3.20. The van der Waals surface area contributed by atoms with Crippen molar-refractivity contribution in [3.05, 3.63) is 65.0 Å². The van der Waals surface area contributed by atoms with Crippen molar-refractivity contribution in [2.75, 3.05) is 0 Å². The summed E-state index contributed by atoms with van der Waals surface area (Å²) in [5.74, 6) is 0. The van der Waals surface area contributed by atoms with E-state index in [1.807, 2.05) is 6.92 Å². The Labute approximate surface area is 114 Å². The average Bonchev–Trinajstić information content (AvgIpc) is 2.38. The van der Waals surface area contributed by atoms with Gasteiger partial charge in [0.1, 0.15) is 5.60 Å². The smallest absolute Gasteiger partial charge is 0.381 e. The Bertz CT molecular complexity index is 603. The molecule has 0 radical (unpaired) electrons. The molecule has 0 saturated carbocycles. The van der Waals surface area contributed by atoms with E-state index in [1.54, 1.807) is 24.3 Å². The minimum Gasteiger partial charge on any atom is -0.381 e. The fourth-order valence-corrected chi connectivity index (χ4v) is 2.06. The van der Waals surface area contributed by atoms with Gasteiger partial charge in [0.15, 0.2) is 0 Å². The summed E-state index contributed by atoms with van der Waals surface area (Å²) < 4.78 is 39.1. The number of halogens is 3. The van der Waals surface area contributed by atoms with E-state index in [0.29, 0.717) is 5.56 Å². The number of aromatic nitrogens is 1. The Morgan fingerprint density at radius 3 is 2.15 bits per heavy atom. The number of aryl methyl sites for hydroxylation is 1. The zero-order valence-electron chi connectivity index (χ0n) is 11.1. The van der Waals surface area contributed by atoms with Crippen molar-refractivity contribution in [1.29, 1.82) is 0 Å². The molecule has 2 rings (SSSR count). The van der Waals surface area contributed by atoms with Gasteiger partial charge in [-0.3, -0.25) is 4.98 Å². The Hall–Kier alpha value is -1.88. The number of benzene rings is 1. The molecule has 0 bridgehead atoms. The molecule has 2 aromatic rings. The standard InChI is InChI=1S/C15H14F3NO/c1-10-3-5-11(6-4-10)14(2,20)13-9-19-8-7-12(13)15(16,17)18/h3-9,20H,1-2H3. The van der Waals surface area contributed by atoms with Crippen LogP contribution >= 0.6 is 0 Å². The highest BCUT2D eigenvalue weighted by atomic mass is 19.4. The van der Waals surface area contributed by atoms with Crippen LogP contribution in [-0.2, 0) is 11.8 Å². The van der Waals surface area contributed by atoms with Gasteiger partial charge in [0.25, 0.3) is 0 Å². The maximum absolute atomic E-state index is 13.0. The van der Waals surface area contributed by atoms with E-state index < -0.39 is 17.3 Å². The van der Waals surface area contributed by atoms with Gasteiger partial charge < -0.3 is 5.11 Å². The van der Waals surface area contributed by atoms with Gasteiger partial charge in [0.2, 0.25) is 0 Å². The second-order valence-electron chi connectivity index (χ2n) is 4.86. The number of pyridine rings is 1. The van der Waals surface area contributed by atoms with Gasteiger partial charge in [0.05, 0.1) is 5.56 Å². The molecule has 20 heavy (non-hydrogen) atoms. The Kier molecular flexibility index (Phi) is 3.56. The monoisotopic (exact) mass is 281 g/mol. The first-order chi connectivity index (χ1) is 9.23. The third-order valence-electron chi connectivity index (χ3n) is 3.26. The second-order valence-corrected chi connectivity index (χ2v) is 4.86. The molecule has 0 aliphatic carbocycles. The van der Waals surface area contributed by atoms with Crippen molar-refractivity contribution in [3.8, 4) is 0 Å². The lowest BCUT2D eigenvalue weighted by Crippen LogP contribution is -2.27. The topological polar surface area (TPSA) is 33.1 Å². The van der Waals surface area contributed by atoms with Gasteiger partial charge in [-0.15, -0.1) is 0 Å². The van der Waals surface area contributed by atoms with Gasteiger partial charge in [-0.2, -0.15) is 13.2 Å². The molecule has 0 spiro atoms. The Morgan fingerprint density at radius 1 is 1.00 bits per heavy atom. The van der Waals surface area contributed by atoms with Crippen LogP contribution in [0.15, 0.2) is 42.7 Å². The first kappa shape index (κ1) is 14.5. The molecule has 106 valence electrons. The second kappa shape index (κ2) is 4.90. The fraction of sp³-hybridized carbons (Fsp3) is 0.267. The van der Waals surface area contributed by atoms with E-state index in [9.17, 15) is 18.3 Å². The highest BCUT2D eigenvalue weighted by molar-refractivity contribution is 5.40. The summed E-state index contributed by atoms with van der Waals surface area (Å²) >= 11 is 0. The van der Waals surface area contributed by atoms with Gasteiger partial charge >= 0.3 is 6.18 Å². The highest BCUT2D eigenvalue weighted by Gasteiger charge is 2.39. The van der Waals surface area contributed by atoms with E-state index in [-0.39, 0.29) is 5.56 Å². The van der Waals surface area contributed by atoms with Crippen LogP contribution in [0, 0.1) is 6.92 Å². The van der Waals surface area contributed by atoms with E-state index in [4.69, 9.17) is 0 Å². The number of aliphatic hydroxyl groups is 1. The molecule has 1 N–H and O–H groups in total. The van der Waals surface area contributed by atoms with E-state index in [1.165, 1.54) is 6.92 Å². The summed E-state index contributed by atoms with van der Waals surface area (Å²) in [6.07, 6.45) is -2.41. The molecule has 1 heterocycles. The number of hydrogen-bond acceptors (Lipinski definition) is 2. The number of alkyl halides is 3. The average molecular weight is 281 g/mol. The van der Waals surface area contributed by atoms with Gasteiger partial charge in [-0.25, -0.2) is 0 Å². The molecule has 1 aromatic carbocycles. The van der Waals surface area contributed by atoms with Crippen LogP contribution in [0.3, 0.4) is 0 Å². The molecule has 0 aliphatic rings. The maximum Gasteiger partial charge on any atom is 0.416 e. The summed E-state index contributed by atoms with van der Waals surface area (Å²) in [5, 5.41) is 10.6. The third kappa shape index (κ3) is 2.67. The minimum atomic E-state index is -4.53. The molecule has 0 amide bonds. The molecule has 1 atom stereocenters. The third-order valence-corrected chi connectivity index (χ3v) is 3.26. The van der Waals surface area contributed by atoms with Crippen molar-refractivity contribution in [1.82, 2.24) is 4.98 Å². The highest BCUT2D eigenvalue weighted by Crippen LogP contribution is 2.38. The van der Waals surface area contributed by atoms with Crippen LogP contribution < -0.4 is 0 Å². The van der Waals surface area contributed by atoms with Gasteiger partial charge in [-0.05, 0) is 25.5 Å². The lowest BCUT2D eigenvalue weighted by atomic mass is 9.86. The minimum absolute atomic E-state index is 0.253. The largest absolute Gasteiger partial charge is 0.416 e. The summed E-state index contributed by atoms with van der Waals surface area (Å²) in [6, 6.07) is 7.59. The van der Waals surface area contributed by atoms with Crippen molar-refractivity contribution in [3.63, 3.8) is 0 Å². The van der Waals surface area contributed by atoms with Crippen molar-refractivity contribution in [2.24, 2.45) is 0 Å². The fourth-order valence-electron chi connectivity index (χ4n) is 2.06. The van der Waals surface area contributed by atoms with Crippen LogP contribution in [0.2, 0.25) is 0 Å². The SMILES string of the molecule is Cc1ccc(C(C)(O)c2cnccc2C(F)(F)F)cc1. The van der Waals surface area contributed by atoms with Crippen LogP contribution in [0.1, 0.15) is 29.2 Å². The van der Waals surface area contributed by atoms with E-state index >= 15 is 0 Å². The first-order valence-electron chi connectivity index (χ1n) is 6.04. The number of rotatable bonds is 2. The molecule has 5 heteroatoms.